The van der Waals surface area contributed by atoms with Gasteiger partial charge in [0.2, 0.25) is 0 Å². The van der Waals surface area contributed by atoms with Crippen LogP contribution >= 0.6 is 0 Å². The fourth-order valence-corrected chi connectivity index (χ4v) is 2.23. The van der Waals surface area contributed by atoms with Gasteiger partial charge in [-0.1, -0.05) is 59.3 Å². The minimum absolute atomic E-state index is 0.354. The average molecular weight is 228 g/mol. The third-order valence-electron chi connectivity index (χ3n) is 3.43. The summed E-state index contributed by atoms with van der Waals surface area (Å²) in [4.78, 5) is 10.8. The van der Waals surface area contributed by atoms with Crippen LogP contribution in [0.3, 0.4) is 0 Å². The molecule has 0 aliphatic rings. The van der Waals surface area contributed by atoms with E-state index in [9.17, 15) is 4.79 Å². The number of carbonyl (C=O) groups is 1. The van der Waals surface area contributed by atoms with Crippen molar-refractivity contribution in [3.63, 3.8) is 0 Å². The molecule has 0 fully saturated rings. The van der Waals surface area contributed by atoms with Gasteiger partial charge >= 0.3 is 5.97 Å². The first-order valence-corrected chi connectivity index (χ1v) is 6.83. The highest BCUT2D eigenvalue weighted by Gasteiger charge is 2.19. The first-order chi connectivity index (χ1) is 7.61. The highest BCUT2D eigenvalue weighted by Crippen LogP contribution is 2.26. The van der Waals surface area contributed by atoms with Gasteiger partial charge < -0.3 is 5.11 Å². The zero-order valence-corrected chi connectivity index (χ0v) is 11.2. The van der Waals surface area contributed by atoms with E-state index in [0.29, 0.717) is 18.3 Å². The maximum Gasteiger partial charge on any atom is 0.303 e. The van der Waals surface area contributed by atoms with Crippen LogP contribution in [0.2, 0.25) is 0 Å². The lowest BCUT2D eigenvalue weighted by Crippen LogP contribution is -2.16. The van der Waals surface area contributed by atoms with E-state index in [-0.39, 0.29) is 0 Å². The summed E-state index contributed by atoms with van der Waals surface area (Å²) in [5.41, 5.74) is 0. The Balaban J connectivity index is 3.98. The highest BCUT2D eigenvalue weighted by molar-refractivity contribution is 5.67. The molecule has 16 heavy (non-hydrogen) atoms. The van der Waals surface area contributed by atoms with Gasteiger partial charge in [0, 0.05) is 6.42 Å². The van der Waals surface area contributed by atoms with Crippen LogP contribution in [0.1, 0.15) is 72.1 Å². The zero-order chi connectivity index (χ0) is 12.4. The molecule has 2 nitrogen and oxygen atoms in total. The minimum atomic E-state index is -0.636. The van der Waals surface area contributed by atoms with Crippen molar-refractivity contribution in [3.05, 3.63) is 0 Å². The molecule has 0 aliphatic heterocycles. The lowest BCUT2D eigenvalue weighted by Gasteiger charge is -2.22. The fourth-order valence-electron chi connectivity index (χ4n) is 2.23. The van der Waals surface area contributed by atoms with Crippen molar-refractivity contribution >= 4 is 5.97 Å². The van der Waals surface area contributed by atoms with Crippen LogP contribution in [0.4, 0.5) is 0 Å². The van der Waals surface area contributed by atoms with E-state index in [4.69, 9.17) is 5.11 Å². The van der Waals surface area contributed by atoms with Gasteiger partial charge in [0.1, 0.15) is 0 Å². The molecule has 0 spiro atoms. The molecule has 0 bridgehead atoms. The molecule has 2 unspecified atom stereocenters. The van der Waals surface area contributed by atoms with Crippen LogP contribution in [0, 0.1) is 11.8 Å². The number of hydrogen-bond donors (Lipinski definition) is 1. The number of rotatable bonds is 10. The van der Waals surface area contributed by atoms with Crippen LogP contribution in [0.25, 0.3) is 0 Å². The fraction of sp³-hybridized carbons (Fsp3) is 0.929. The Labute approximate surface area is 100 Å². The summed E-state index contributed by atoms with van der Waals surface area (Å²) >= 11 is 0. The SMILES string of the molecule is CCCCCC(C)C(CCCC)CC(=O)O. The molecular formula is C14H28O2. The van der Waals surface area contributed by atoms with E-state index in [0.717, 1.165) is 19.3 Å². The molecule has 0 rings (SSSR count). The predicted octanol–water partition coefficient (Wildman–Crippen LogP) is 4.48. The standard InChI is InChI=1S/C14H28O2/c1-4-6-8-9-12(3)13(10-7-5-2)11-14(15)16/h12-13H,4-11H2,1-3H3,(H,15,16). The van der Waals surface area contributed by atoms with Crippen LogP contribution in [-0.2, 0) is 4.79 Å². The third-order valence-corrected chi connectivity index (χ3v) is 3.43. The molecule has 0 heterocycles. The second kappa shape index (κ2) is 9.68. The smallest absolute Gasteiger partial charge is 0.303 e. The minimum Gasteiger partial charge on any atom is -0.481 e. The number of hydrogen-bond acceptors (Lipinski definition) is 1. The Morgan fingerprint density at radius 1 is 1.06 bits per heavy atom. The van der Waals surface area contributed by atoms with Crippen LogP contribution in [-0.4, -0.2) is 11.1 Å². The van der Waals surface area contributed by atoms with Crippen LogP contribution < -0.4 is 0 Å². The molecular weight excluding hydrogens is 200 g/mol. The van der Waals surface area contributed by atoms with Gasteiger partial charge in [0.15, 0.2) is 0 Å². The van der Waals surface area contributed by atoms with Gasteiger partial charge in [-0.15, -0.1) is 0 Å². The Hall–Kier alpha value is -0.530. The molecule has 0 amide bonds. The van der Waals surface area contributed by atoms with E-state index in [2.05, 4.69) is 20.8 Å². The summed E-state index contributed by atoms with van der Waals surface area (Å²) in [6.07, 6.45) is 8.72. The van der Waals surface area contributed by atoms with Crippen molar-refractivity contribution in [2.45, 2.75) is 72.1 Å². The van der Waals surface area contributed by atoms with Gasteiger partial charge in [0.25, 0.3) is 0 Å². The van der Waals surface area contributed by atoms with E-state index in [1.54, 1.807) is 0 Å². The highest BCUT2D eigenvalue weighted by atomic mass is 16.4. The van der Waals surface area contributed by atoms with Gasteiger partial charge in [-0.2, -0.15) is 0 Å². The van der Waals surface area contributed by atoms with Crippen molar-refractivity contribution in [1.29, 1.82) is 0 Å². The molecule has 2 heteroatoms. The van der Waals surface area contributed by atoms with Crippen molar-refractivity contribution in [2.75, 3.05) is 0 Å². The summed E-state index contributed by atoms with van der Waals surface area (Å²) in [5, 5.41) is 8.90. The van der Waals surface area contributed by atoms with Gasteiger partial charge in [-0.3, -0.25) is 4.79 Å². The van der Waals surface area contributed by atoms with E-state index < -0.39 is 5.97 Å². The largest absolute Gasteiger partial charge is 0.481 e. The van der Waals surface area contributed by atoms with Gasteiger partial charge in [-0.05, 0) is 18.3 Å². The number of aliphatic carboxylic acids is 1. The Kier molecular flexibility index (Phi) is 9.36. The summed E-state index contributed by atoms with van der Waals surface area (Å²) in [6, 6.07) is 0. The van der Waals surface area contributed by atoms with Gasteiger partial charge in [-0.25, -0.2) is 0 Å². The molecule has 0 aliphatic carbocycles. The topological polar surface area (TPSA) is 37.3 Å². The lowest BCUT2D eigenvalue weighted by atomic mass is 9.83. The molecule has 1 N–H and O–H groups in total. The third kappa shape index (κ3) is 7.72. The summed E-state index contributed by atoms with van der Waals surface area (Å²) in [7, 11) is 0. The van der Waals surface area contributed by atoms with Crippen LogP contribution in [0.15, 0.2) is 0 Å². The maximum absolute atomic E-state index is 10.8. The quantitative estimate of drug-likeness (QED) is 0.560. The predicted molar refractivity (Wildman–Crippen MR) is 68.6 cm³/mol. The Morgan fingerprint density at radius 3 is 2.19 bits per heavy atom. The lowest BCUT2D eigenvalue weighted by molar-refractivity contribution is -0.138. The monoisotopic (exact) mass is 228 g/mol. The molecule has 0 radical (unpaired) electrons. The molecule has 0 saturated carbocycles. The van der Waals surface area contributed by atoms with E-state index >= 15 is 0 Å². The van der Waals surface area contributed by atoms with Crippen molar-refractivity contribution in [1.82, 2.24) is 0 Å². The van der Waals surface area contributed by atoms with Crippen molar-refractivity contribution in [2.24, 2.45) is 11.8 Å². The molecule has 0 aromatic rings. The first-order valence-electron chi connectivity index (χ1n) is 6.83. The number of carboxylic acids is 1. The number of unbranched alkanes of at least 4 members (excludes halogenated alkanes) is 3. The Bertz CT molecular complexity index is 178. The second-order valence-corrected chi connectivity index (χ2v) is 4.97. The van der Waals surface area contributed by atoms with E-state index in [1.807, 2.05) is 0 Å². The molecule has 0 aromatic heterocycles. The second-order valence-electron chi connectivity index (χ2n) is 4.97. The molecule has 0 aromatic carbocycles. The maximum atomic E-state index is 10.8. The average Bonchev–Trinajstić information content (AvgIpc) is 2.23. The summed E-state index contributed by atoms with van der Waals surface area (Å²) < 4.78 is 0. The summed E-state index contributed by atoms with van der Waals surface area (Å²) in [5.74, 6) is 0.312. The normalized spacial score (nSPS) is 14.7. The van der Waals surface area contributed by atoms with Gasteiger partial charge in [0.05, 0.1) is 0 Å². The summed E-state index contributed by atoms with van der Waals surface area (Å²) in [6.45, 7) is 6.59. The van der Waals surface area contributed by atoms with Crippen LogP contribution in [0.5, 0.6) is 0 Å². The molecule has 2 atom stereocenters. The molecule has 96 valence electrons. The zero-order valence-electron chi connectivity index (χ0n) is 11.2. The Morgan fingerprint density at radius 2 is 1.69 bits per heavy atom. The van der Waals surface area contributed by atoms with E-state index in [1.165, 1.54) is 25.7 Å². The molecule has 0 saturated heterocycles. The van der Waals surface area contributed by atoms with Crippen molar-refractivity contribution < 1.29 is 9.90 Å². The number of carboxylic acid groups (broad SMARTS) is 1. The first kappa shape index (κ1) is 15.5. The van der Waals surface area contributed by atoms with Crippen molar-refractivity contribution in [3.8, 4) is 0 Å².